The summed E-state index contributed by atoms with van der Waals surface area (Å²) in [6, 6.07) is 67.3. The van der Waals surface area contributed by atoms with Crippen molar-refractivity contribution in [1.29, 1.82) is 0 Å². The Morgan fingerprint density at radius 2 is 0.967 bits per heavy atom. The van der Waals surface area contributed by atoms with E-state index >= 15 is 0 Å². The van der Waals surface area contributed by atoms with Crippen molar-refractivity contribution in [3.63, 3.8) is 0 Å². The van der Waals surface area contributed by atoms with E-state index in [0.29, 0.717) is 11.8 Å². The molecule has 0 saturated heterocycles. The lowest BCUT2D eigenvalue weighted by Crippen LogP contribution is -2.55. The van der Waals surface area contributed by atoms with Crippen LogP contribution in [0.2, 0.25) is 0 Å². The zero-order valence-electron chi connectivity index (χ0n) is 33.6. The number of fused-ring (bicyclic) bond motifs is 5. The molecule has 14 rings (SSSR count). The van der Waals surface area contributed by atoms with E-state index in [0.717, 1.165) is 45.7 Å². The van der Waals surface area contributed by atoms with E-state index in [1.54, 1.807) is 11.1 Å². The number of benzene rings is 8. The van der Waals surface area contributed by atoms with Gasteiger partial charge in [-0.1, -0.05) is 158 Å². The molecule has 5 aliphatic carbocycles. The van der Waals surface area contributed by atoms with Crippen molar-refractivity contribution in [1.82, 2.24) is 9.97 Å². The normalized spacial score (nSPS) is 22.1. The van der Waals surface area contributed by atoms with Gasteiger partial charge in [0.25, 0.3) is 0 Å². The van der Waals surface area contributed by atoms with E-state index in [9.17, 15) is 0 Å². The first-order valence-corrected chi connectivity index (χ1v) is 22.0. The average Bonchev–Trinajstić information content (AvgIpc) is 3.59. The Labute approximate surface area is 351 Å². The maximum Gasteiger partial charge on any atom is 0.160 e. The first-order chi connectivity index (χ1) is 29.7. The van der Waals surface area contributed by atoms with Crippen molar-refractivity contribution in [2.24, 2.45) is 23.7 Å². The number of nitrogens with zero attached hydrogens (tertiary/aromatic N) is 2. The molecule has 0 radical (unpaired) electrons. The largest absolute Gasteiger partial charge is 0.228 e. The van der Waals surface area contributed by atoms with Crippen LogP contribution >= 0.6 is 0 Å². The maximum atomic E-state index is 5.53. The van der Waals surface area contributed by atoms with E-state index in [1.165, 1.54) is 87.0 Å². The van der Waals surface area contributed by atoms with Gasteiger partial charge in [-0.2, -0.15) is 0 Å². The smallest absolute Gasteiger partial charge is 0.160 e. The van der Waals surface area contributed by atoms with Gasteiger partial charge in [-0.25, -0.2) is 9.97 Å². The molecule has 0 unspecified atom stereocenters. The molecule has 8 aromatic carbocycles. The van der Waals surface area contributed by atoms with Crippen LogP contribution in [0.5, 0.6) is 0 Å². The quantitative estimate of drug-likeness (QED) is 0.174. The zero-order valence-corrected chi connectivity index (χ0v) is 33.6. The molecule has 4 saturated carbocycles. The Kier molecular flexibility index (Phi) is 7.52. The summed E-state index contributed by atoms with van der Waals surface area (Å²) in [5, 5.41) is 5.10. The zero-order chi connectivity index (χ0) is 39.4. The molecule has 0 amide bonds. The highest BCUT2D eigenvalue weighted by Gasteiger charge is 2.61. The summed E-state index contributed by atoms with van der Waals surface area (Å²) >= 11 is 0. The molecule has 5 aliphatic rings. The topological polar surface area (TPSA) is 25.8 Å². The van der Waals surface area contributed by atoms with Gasteiger partial charge in [0.2, 0.25) is 0 Å². The van der Waals surface area contributed by atoms with Gasteiger partial charge < -0.3 is 0 Å². The lowest BCUT2D eigenvalue weighted by atomic mass is 9.43. The first kappa shape index (κ1) is 34.2. The molecule has 0 N–H and O–H groups in total. The van der Waals surface area contributed by atoms with Crippen LogP contribution in [0.4, 0.5) is 0 Å². The van der Waals surface area contributed by atoms with Gasteiger partial charge in [0.05, 0.1) is 11.4 Å². The fraction of sp³-hybridized carbons (Fsp3) is 0.172. The van der Waals surface area contributed by atoms with Crippen LogP contribution in [0.3, 0.4) is 0 Å². The second-order valence-corrected chi connectivity index (χ2v) is 18.1. The molecular formula is C58H44N2. The van der Waals surface area contributed by atoms with Gasteiger partial charge >= 0.3 is 0 Å². The van der Waals surface area contributed by atoms with E-state index < -0.39 is 0 Å². The summed E-state index contributed by atoms with van der Waals surface area (Å²) < 4.78 is 0. The van der Waals surface area contributed by atoms with Crippen LogP contribution in [0, 0.1) is 23.7 Å². The fourth-order valence-electron chi connectivity index (χ4n) is 12.9. The maximum absolute atomic E-state index is 5.53. The lowest BCUT2D eigenvalue weighted by Gasteiger charge is -2.61. The monoisotopic (exact) mass is 768 g/mol. The number of rotatable bonds is 5. The second kappa shape index (κ2) is 13.2. The highest BCUT2D eigenvalue weighted by molar-refractivity contribution is 6.08. The van der Waals surface area contributed by atoms with Crippen molar-refractivity contribution in [3.8, 4) is 67.3 Å². The minimum Gasteiger partial charge on any atom is -0.228 e. The SMILES string of the molecule is c1ccc(-c2cccc(-c3cc(-c4c(-c5cccc6c5-c5cc7ccccc7cc5C65C6CC7CC(C6)CC5C7)ccc5ccccc45)nc(-c4ccccc4)n3)c2)cc1. The third-order valence-electron chi connectivity index (χ3n) is 15.0. The highest BCUT2D eigenvalue weighted by Crippen LogP contribution is 2.70. The second-order valence-electron chi connectivity index (χ2n) is 18.1. The van der Waals surface area contributed by atoms with Crippen LogP contribution in [0.1, 0.15) is 43.2 Å². The standard InChI is InChI=1S/C58H44N2/c1-3-13-38(14-4-1)41-20-11-21-44(32-41)53-35-54(60-57(59-53)40-16-5-2-6-17-40)56-47-22-10-9-15-39(47)25-26-49(56)48-23-12-24-51-55(48)50-33-42-18-7-8-19-43(42)34-52(50)58(51)45-28-36-27-37(30-45)31-46(58)29-36/h1-26,32-37,45-46H,27-31H2. The summed E-state index contributed by atoms with van der Waals surface area (Å²) in [5.74, 6) is 3.88. The van der Waals surface area contributed by atoms with Crippen molar-refractivity contribution < 1.29 is 0 Å². The van der Waals surface area contributed by atoms with E-state index in [1.807, 2.05) is 0 Å². The van der Waals surface area contributed by atoms with E-state index in [-0.39, 0.29) is 5.41 Å². The van der Waals surface area contributed by atoms with Gasteiger partial charge in [0.15, 0.2) is 5.82 Å². The molecule has 1 aromatic heterocycles. The Morgan fingerprint density at radius 1 is 0.367 bits per heavy atom. The van der Waals surface area contributed by atoms with Crippen molar-refractivity contribution >= 4 is 21.5 Å². The Balaban J connectivity index is 1.08. The Hall–Kier alpha value is -6.64. The number of aromatic nitrogens is 2. The summed E-state index contributed by atoms with van der Waals surface area (Å²) in [4.78, 5) is 10.8. The molecule has 2 nitrogen and oxygen atoms in total. The molecule has 4 bridgehead atoms. The Morgan fingerprint density at radius 3 is 1.73 bits per heavy atom. The van der Waals surface area contributed by atoms with Gasteiger partial charge in [0, 0.05) is 22.1 Å². The predicted molar refractivity (Wildman–Crippen MR) is 247 cm³/mol. The van der Waals surface area contributed by atoms with Gasteiger partial charge in [-0.05, 0) is 146 Å². The predicted octanol–water partition coefficient (Wildman–Crippen LogP) is 14.8. The van der Waals surface area contributed by atoms with E-state index in [2.05, 4.69) is 182 Å². The van der Waals surface area contributed by atoms with Crippen LogP contribution in [-0.4, -0.2) is 9.97 Å². The first-order valence-electron chi connectivity index (χ1n) is 22.0. The minimum atomic E-state index is 0.0570. The van der Waals surface area contributed by atoms with Gasteiger partial charge in [-0.15, -0.1) is 0 Å². The van der Waals surface area contributed by atoms with Crippen LogP contribution in [0.25, 0.3) is 88.8 Å². The van der Waals surface area contributed by atoms with Gasteiger partial charge in [-0.3, -0.25) is 0 Å². The summed E-state index contributed by atoms with van der Waals surface area (Å²) in [6.07, 6.45) is 6.90. The molecule has 0 aliphatic heterocycles. The third kappa shape index (κ3) is 5.07. The third-order valence-corrected chi connectivity index (χ3v) is 15.0. The van der Waals surface area contributed by atoms with Crippen LogP contribution in [0.15, 0.2) is 182 Å². The van der Waals surface area contributed by atoms with E-state index in [4.69, 9.17) is 9.97 Å². The number of hydrogen-bond acceptors (Lipinski definition) is 2. The van der Waals surface area contributed by atoms with Crippen molar-refractivity contribution in [2.75, 3.05) is 0 Å². The summed E-state index contributed by atoms with van der Waals surface area (Å²) in [5.41, 5.74) is 16.1. The molecule has 4 fully saturated rings. The molecule has 1 spiro atoms. The summed E-state index contributed by atoms with van der Waals surface area (Å²) in [7, 11) is 0. The molecule has 9 aromatic rings. The number of hydrogen-bond donors (Lipinski definition) is 0. The molecule has 1 heterocycles. The average molecular weight is 769 g/mol. The van der Waals surface area contributed by atoms with Crippen LogP contribution < -0.4 is 0 Å². The molecule has 2 heteroatoms. The highest BCUT2D eigenvalue weighted by atomic mass is 14.9. The minimum absolute atomic E-state index is 0.0570. The molecule has 60 heavy (non-hydrogen) atoms. The molecular weight excluding hydrogens is 725 g/mol. The lowest BCUT2D eigenvalue weighted by molar-refractivity contribution is -0.0398. The summed E-state index contributed by atoms with van der Waals surface area (Å²) in [6.45, 7) is 0. The molecule has 286 valence electrons. The van der Waals surface area contributed by atoms with Gasteiger partial charge in [0.1, 0.15) is 0 Å². The fourth-order valence-corrected chi connectivity index (χ4v) is 12.9. The van der Waals surface area contributed by atoms with Crippen molar-refractivity contribution in [3.05, 3.63) is 193 Å². The molecule has 0 atom stereocenters. The Bertz CT molecular complexity index is 3130. The van der Waals surface area contributed by atoms with Crippen molar-refractivity contribution in [2.45, 2.75) is 37.5 Å². The van der Waals surface area contributed by atoms with Crippen LogP contribution in [-0.2, 0) is 5.41 Å².